The third kappa shape index (κ3) is 4.10. The van der Waals surface area contributed by atoms with E-state index in [1.54, 1.807) is 0 Å². The van der Waals surface area contributed by atoms with Crippen molar-refractivity contribution in [2.45, 2.75) is 38.8 Å². The van der Waals surface area contributed by atoms with Crippen molar-refractivity contribution in [1.29, 1.82) is 0 Å². The van der Waals surface area contributed by atoms with Crippen molar-refractivity contribution in [2.24, 2.45) is 5.92 Å². The van der Waals surface area contributed by atoms with Gasteiger partial charge < -0.3 is 9.64 Å². The molecule has 1 saturated heterocycles. The Labute approximate surface area is 110 Å². The number of likely N-dealkylation sites (N-methyl/N-ethyl adjacent to an activating group) is 1. The first-order valence-corrected chi connectivity index (χ1v) is 6.85. The van der Waals surface area contributed by atoms with Gasteiger partial charge in [-0.25, -0.2) is 0 Å². The smallest absolute Gasteiger partial charge is 0.0629 e. The molecule has 0 saturated carbocycles. The summed E-state index contributed by atoms with van der Waals surface area (Å²) in [5.41, 5.74) is 0.0613. The van der Waals surface area contributed by atoms with Gasteiger partial charge in [0.05, 0.1) is 12.1 Å². The van der Waals surface area contributed by atoms with Crippen LogP contribution in [0.25, 0.3) is 0 Å². The van der Waals surface area contributed by atoms with E-state index in [2.05, 4.69) is 30.9 Å². The molecule has 1 fully saturated rings. The molecular weight excluding hydrogens is 226 g/mol. The normalized spacial score (nSPS) is 23.4. The van der Waals surface area contributed by atoms with Crippen molar-refractivity contribution in [3.63, 3.8) is 0 Å². The second-order valence-corrected chi connectivity index (χ2v) is 6.00. The van der Waals surface area contributed by atoms with Gasteiger partial charge in [-0.2, -0.15) is 5.10 Å². The highest BCUT2D eigenvalue weighted by atomic mass is 16.5. The fourth-order valence-corrected chi connectivity index (χ4v) is 2.75. The Kier molecular flexibility index (Phi) is 4.40. The first-order valence-electron chi connectivity index (χ1n) is 6.85. The molecule has 1 aliphatic heterocycles. The summed E-state index contributed by atoms with van der Waals surface area (Å²) in [4.78, 5) is 2.41. The van der Waals surface area contributed by atoms with E-state index in [1.807, 2.05) is 23.1 Å². The molecule has 18 heavy (non-hydrogen) atoms. The van der Waals surface area contributed by atoms with E-state index < -0.39 is 0 Å². The van der Waals surface area contributed by atoms with Crippen molar-refractivity contribution in [3.05, 3.63) is 18.5 Å². The summed E-state index contributed by atoms with van der Waals surface area (Å²) >= 11 is 0. The summed E-state index contributed by atoms with van der Waals surface area (Å²) in [7, 11) is 2.20. The molecule has 4 heteroatoms. The molecule has 1 aromatic rings. The van der Waals surface area contributed by atoms with Crippen molar-refractivity contribution in [3.8, 4) is 0 Å². The van der Waals surface area contributed by atoms with Crippen LogP contribution in [-0.2, 0) is 11.3 Å². The van der Waals surface area contributed by atoms with Crippen LogP contribution in [0.3, 0.4) is 0 Å². The zero-order valence-electron chi connectivity index (χ0n) is 11.8. The average Bonchev–Trinajstić information content (AvgIpc) is 2.77. The molecule has 1 atom stereocenters. The summed E-state index contributed by atoms with van der Waals surface area (Å²) in [5, 5.41) is 4.23. The third-order valence-corrected chi connectivity index (χ3v) is 3.64. The lowest BCUT2D eigenvalue weighted by molar-refractivity contribution is -0.0760. The highest BCUT2D eigenvalue weighted by molar-refractivity contribution is 4.81. The maximum Gasteiger partial charge on any atom is 0.0629 e. The van der Waals surface area contributed by atoms with E-state index in [0.29, 0.717) is 0 Å². The zero-order chi connectivity index (χ0) is 13.0. The first-order chi connectivity index (χ1) is 8.55. The van der Waals surface area contributed by atoms with Crippen molar-refractivity contribution in [1.82, 2.24) is 14.7 Å². The van der Waals surface area contributed by atoms with Crippen LogP contribution in [-0.4, -0.2) is 47.0 Å². The second kappa shape index (κ2) is 5.85. The minimum atomic E-state index is 0.0613. The molecule has 0 aliphatic carbocycles. The molecule has 1 aliphatic rings. The minimum Gasteiger partial charge on any atom is -0.376 e. The molecular formula is C14H25N3O. The van der Waals surface area contributed by atoms with Crippen molar-refractivity contribution in [2.75, 3.05) is 26.7 Å². The largest absolute Gasteiger partial charge is 0.376 e. The monoisotopic (exact) mass is 251 g/mol. The number of nitrogens with zero attached hydrogens (tertiary/aromatic N) is 3. The molecule has 0 amide bonds. The summed E-state index contributed by atoms with van der Waals surface area (Å²) in [6, 6.07) is 1.97. The molecule has 1 aromatic heterocycles. The molecule has 0 unspecified atom stereocenters. The zero-order valence-corrected chi connectivity index (χ0v) is 11.8. The van der Waals surface area contributed by atoms with Crippen molar-refractivity contribution >= 4 is 0 Å². The number of ether oxygens (including phenoxy) is 1. The Hall–Kier alpha value is -0.870. The molecule has 0 N–H and O–H groups in total. The van der Waals surface area contributed by atoms with Gasteiger partial charge in [-0.3, -0.25) is 4.68 Å². The summed E-state index contributed by atoms with van der Waals surface area (Å²) in [6.07, 6.45) is 6.21. The van der Waals surface area contributed by atoms with Crippen molar-refractivity contribution < 1.29 is 4.74 Å². The van der Waals surface area contributed by atoms with Gasteiger partial charge in [-0.15, -0.1) is 0 Å². The molecule has 4 nitrogen and oxygen atoms in total. The topological polar surface area (TPSA) is 30.3 Å². The Bertz CT molecular complexity index is 348. The predicted octanol–water partition coefficient (Wildman–Crippen LogP) is 2.02. The van der Waals surface area contributed by atoms with Gasteiger partial charge >= 0.3 is 0 Å². The molecule has 2 rings (SSSR count). The van der Waals surface area contributed by atoms with E-state index in [9.17, 15) is 0 Å². The van der Waals surface area contributed by atoms with Crippen LogP contribution < -0.4 is 0 Å². The van der Waals surface area contributed by atoms with E-state index in [1.165, 1.54) is 12.8 Å². The van der Waals surface area contributed by atoms with Gasteiger partial charge in [0.25, 0.3) is 0 Å². The lowest BCUT2D eigenvalue weighted by atomic mass is 9.88. The van der Waals surface area contributed by atoms with Crippen LogP contribution in [0.5, 0.6) is 0 Å². The fraction of sp³-hybridized carbons (Fsp3) is 0.786. The molecule has 0 spiro atoms. The molecule has 0 aromatic carbocycles. The quantitative estimate of drug-likeness (QED) is 0.802. The summed E-state index contributed by atoms with van der Waals surface area (Å²) in [5.74, 6) is 0.761. The molecule has 102 valence electrons. The predicted molar refractivity (Wildman–Crippen MR) is 72.5 cm³/mol. The molecule has 0 bridgehead atoms. The summed E-state index contributed by atoms with van der Waals surface area (Å²) in [6.45, 7) is 8.49. The first kappa shape index (κ1) is 13.6. The maximum atomic E-state index is 5.76. The lowest BCUT2D eigenvalue weighted by Crippen LogP contribution is -2.39. The van der Waals surface area contributed by atoms with Crippen LogP contribution >= 0.6 is 0 Å². The van der Waals surface area contributed by atoms with Crippen LogP contribution in [0.2, 0.25) is 0 Å². The second-order valence-electron chi connectivity index (χ2n) is 6.00. The van der Waals surface area contributed by atoms with E-state index in [4.69, 9.17) is 4.74 Å². The average molecular weight is 251 g/mol. The van der Waals surface area contributed by atoms with Gasteiger partial charge in [-0.1, -0.05) is 0 Å². The van der Waals surface area contributed by atoms with Gasteiger partial charge in [0.15, 0.2) is 0 Å². The number of aromatic nitrogens is 2. The third-order valence-electron chi connectivity index (χ3n) is 3.64. The van der Waals surface area contributed by atoms with Gasteiger partial charge in [0.1, 0.15) is 0 Å². The minimum absolute atomic E-state index is 0.0613. The highest BCUT2D eigenvalue weighted by Gasteiger charge is 2.29. The van der Waals surface area contributed by atoms with Gasteiger partial charge in [0.2, 0.25) is 0 Å². The van der Waals surface area contributed by atoms with Crippen LogP contribution in [0, 0.1) is 5.92 Å². The number of hydrogen-bond donors (Lipinski definition) is 0. The maximum absolute atomic E-state index is 5.76. The Morgan fingerprint density at radius 3 is 3.00 bits per heavy atom. The Morgan fingerprint density at radius 1 is 1.50 bits per heavy atom. The van der Waals surface area contributed by atoms with Crippen LogP contribution in [0.4, 0.5) is 0 Å². The molecule has 2 heterocycles. The Morgan fingerprint density at radius 2 is 2.33 bits per heavy atom. The van der Waals surface area contributed by atoms with E-state index in [0.717, 1.165) is 32.2 Å². The van der Waals surface area contributed by atoms with E-state index in [-0.39, 0.29) is 5.60 Å². The standard InChI is InChI=1S/C14H25N3O/c1-14(2)11-13(5-10-18-14)12-16(3)8-9-17-7-4-6-15-17/h4,6-7,13H,5,8-12H2,1-3H3/t13-/m1/s1. The van der Waals surface area contributed by atoms with Gasteiger partial charge in [0, 0.05) is 32.1 Å². The number of hydrogen-bond acceptors (Lipinski definition) is 3. The fourth-order valence-electron chi connectivity index (χ4n) is 2.75. The van der Waals surface area contributed by atoms with Crippen LogP contribution in [0.1, 0.15) is 26.7 Å². The lowest BCUT2D eigenvalue weighted by Gasteiger charge is -2.37. The van der Waals surface area contributed by atoms with Crippen LogP contribution in [0.15, 0.2) is 18.5 Å². The number of rotatable bonds is 5. The Balaban J connectivity index is 1.72. The molecule has 0 radical (unpaired) electrons. The van der Waals surface area contributed by atoms with E-state index >= 15 is 0 Å². The SMILES string of the molecule is CN(CCn1cccn1)C[C@@H]1CCOC(C)(C)C1. The van der Waals surface area contributed by atoms with Gasteiger partial charge in [-0.05, 0) is 45.7 Å². The summed E-state index contributed by atoms with van der Waals surface area (Å²) < 4.78 is 7.75. The highest BCUT2D eigenvalue weighted by Crippen LogP contribution is 2.28.